The predicted molar refractivity (Wildman–Crippen MR) is 110 cm³/mol. The third-order valence-corrected chi connectivity index (χ3v) is 4.78. The fraction of sp³-hybridized carbons (Fsp3) is 0.261. The molecule has 0 aliphatic rings. The van der Waals surface area contributed by atoms with E-state index < -0.39 is 18.0 Å². The van der Waals surface area contributed by atoms with Crippen molar-refractivity contribution < 1.29 is 18.7 Å². The zero-order chi connectivity index (χ0) is 20.8. The number of rotatable bonds is 7. The van der Waals surface area contributed by atoms with E-state index in [9.17, 15) is 14.4 Å². The van der Waals surface area contributed by atoms with Crippen LogP contribution in [0.3, 0.4) is 0 Å². The first kappa shape index (κ1) is 20.3. The van der Waals surface area contributed by atoms with Crippen LogP contribution in [0.2, 0.25) is 0 Å². The maximum absolute atomic E-state index is 12.4. The Morgan fingerprint density at radius 2 is 1.76 bits per heavy atom. The van der Waals surface area contributed by atoms with Crippen LogP contribution in [0.1, 0.15) is 42.3 Å². The molecule has 1 N–H and O–H groups in total. The first-order valence-electron chi connectivity index (χ1n) is 9.56. The van der Waals surface area contributed by atoms with Crippen molar-refractivity contribution in [3.8, 4) is 0 Å². The van der Waals surface area contributed by atoms with E-state index in [-0.39, 0.29) is 22.7 Å². The minimum absolute atomic E-state index is 0.168. The average Bonchev–Trinajstić information content (AvgIpc) is 2.74. The Balaban J connectivity index is 1.62. The van der Waals surface area contributed by atoms with Gasteiger partial charge in [-0.2, -0.15) is 0 Å². The summed E-state index contributed by atoms with van der Waals surface area (Å²) in [5, 5.41) is 3.20. The molecule has 0 saturated carbocycles. The van der Waals surface area contributed by atoms with Gasteiger partial charge >= 0.3 is 5.97 Å². The van der Waals surface area contributed by atoms with Crippen LogP contribution < -0.4 is 10.7 Å². The van der Waals surface area contributed by atoms with Gasteiger partial charge in [-0.05, 0) is 31.0 Å². The Hall–Kier alpha value is -3.41. The second kappa shape index (κ2) is 9.19. The number of carbonyl (C=O) groups excluding carboxylic acids is 2. The number of hydrogen-bond acceptors (Lipinski definition) is 5. The molecule has 0 radical (unpaired) electrons. The molecule has 0 unspecified atom stereocenters. The van der Waals surface area contributed by atoms with Gasteiger partial charge in [0.2, 0.25) is 5.76 Å². The van der Waals surface area contributed by atoms with Crippen molar-refractivity contribution in [2.45, 2.75) is 32.3 Å². The highest BCUT2D eigenvalue weighted by Crippen LogP contribution is 2.18. The highest BCUT2D eigenvalue weighted by Gasteiger charge is 2.22. The SMILES string of the molecule is CC[C@H](CNC(=O)[C@H](C)OC(=O)c1cc(=O)c2ccccc2o1)c1ccccc1. The normalized spacial score (nSPS) is 12.9. The summed E-state index contributed by atoms with van der Waals surface area (Å²) in [5.74, 6) is -1.33. The van der Waals surface area contributed by atoms with Gasteiger partial charge in [-0.25, -0.2) is 4.79 Å². The van der Waals surface area contributed by atoms with Crippen molar-refractivity contribution in [3.63, 3.8) is 0 Å². The predicted octanol–water partition coefficient (Wildman–Crippen LogP) is 3.65. The van der Waals surface area contributed by atoms with E-state index in [1.54, 1.807) is 24.3 Å². The number of benzene rings is 2. The molecule has 0 aliphatic heterocycles. The lowest BCUT2D eigenvalue weighted by Gasteiger charge is -2.18. The monoisotopic (exact) mass is 393 g/mol. The summed E-state index contributed by atoms with van der Waals surface area (Å²) < 4.78 is 10.6. The smallest absolute Gasteiger partial charge is 0.375 e. The molecule has 150 valence electrons. The highest BCUT2D eigenvalue weighted by atomic mass is 16.6. The summed E-state index contributed by atoms with van der Waals surface area (Å²) in [4.78, 5) is 36.8. The lowest BCUT2D eigenvalue weighted by molar-refractivity contribution is -0.129. The Kier molecular flexibility index (Phi) is 6.44. The van der Waals surface area contributed by atoms with Gasteiger partial charge in [-0.15, -0.1) is 0 Å². The topological polar surface area (TPSA) is 85.6 Å². The van der Waals surface area contributed by atoms with E-state index in [0.717, 1.165) is 18.1 Å². The molecule has 2 aromatic carbocycles. The third-order valence-electron chi connectivity index (χ3n) is 4.78. The number of amides is 1. The lowest BCUT2D eigenvalue weighted by Crippen LogP contribution is -2.38. The van der Waals surface area contributed by atoms with Crippen LogP contribution in [0.4, 0.5) is 0 Å². The summed E-state index contributed by atoms with van der Waals surface area (Å²) in [7, 11) is 0. The largest absolute Gasteiger partial charge is 0.449 e. The maximum atomic E-state index is 12.4. The van der Waals surface area contributed by atoms with Crippen molar-refractivity contribution in [3.05, 3.63) is 82.2 Å². The molecule has 1 amide bonds. The number of carbonyl (C=O) groups is 2. The van der Waals surface area contributed by atoms with Crippen LogP contribution in [-0.2, 0) is 9.53 Å². The molecule has 3 rings (SSSR count). The van der Waals surface area contributed by atoms with E-state index >= 15 is 0 Å². The van der Waals surface area contributed by atoms with Gasteiger partial charge in [0.05, 0.1) is 5.39 Å². The van der Waals surface area contributed by atoms with Crippen molar-refractivity contribution >= 4 is 22.8 Å². The highest BCUT2D eigenvalue weighted by molar-refractivity contribution is 5.91. The Bertz CT molecular complexity index is 1060. The van der Waals surface area contributed by atoms with E-state index in [4.69, 9.17) is 9.15 Å². The van der Waals surface area contributed by atoms with Crippen LogP contribution in [-0.4, -0.2) is 24.5 Å². The second-order valence-corrected chi connectivity index (χ2v) is 6.78. The van der Waals surface area contributed by atoms with Gasteiger partial charge in [-0.3, -0.25) is 9.59 Å². The fourth-order valence-electron chi connectivity index (χ4n) is 3.07. The number of fused-ring (bicyclic) bond motifs is 1. The van der Waals surface area contributed by atoms with Gasteiger partial charge in [-0.1, -0.05) is 49.4 Å². The summed E-state index contributed by atoms with van der Waals surface area (Å²) in [5.41, 5.74) is 1.08. The maximum Gasteiger partial charge on any atom is 0.375 e. The molecule has 6 nitrogen and oxygen atoms in total. The average molecular weight is 393 g/mol. The molecule has 0 spiro atoms. The summed E-state index contributed by atoms with van der Waals surface area (Å²) in [6.45, 7) is 3.97. The van der Waals surface area contributed by atoms with Crippen molar-refractivity contribution in [1.29, 1.82) is 0 Å². The van der Waals surface area contributed by atoms with Crippen molar-refractivity contribution in [2.75, 3.05) is 6.54 Å². The Morgan fingerprint density at radius 1 is 1.07 bits per heavy atom. The molecular formula is C23H23NO5. The van der Waals surface area contributed by atoms with Crippen LogP contribution in [0.5, 0.6) is 0 Å². The standard InChI is InChI=1S/C23H23NO5/c1-3-16(17-9-5-4-6-10-17)14-24-22(26)15(2)28-23(27)21-13-19(25)18-11-7-8-12-20(18)29-21/h4-13,15-16H,3,14H2,1-2H3,(H,24,26)/t15-,16+/m0/s1. The van der Waals surface area contributed by atoms with E-state index in [2.05, 4.69) is 12.2 Å². The third kappa shape index (κ3) is 4.90. The first-order chi connectivity index (χ1) is 14.0. The summed E-state index contributed by atoms with van der Waals surface area (Å²) >= 11 is 0. The number of hydrogen-bond donors (Lipinski definition) is 1. The minimum atomic E-state index is -1.02. The van der Waals surface area contributed by atoms with E-state index in [0.29, 0.717) is 11.9 Å². The van der Waals surface area contributed by atoms with Gasteiger partial charge in [0.25, 0.3) is 5.91 Å². The van der Waals surface area contributed by atoms with Crippen LogP contribution in [0, 0.1) is 0 Å². The molecule has 0 saturated heterocycles. The molecule has 1 heterocycles. The molecule has 3 aromatic rings. The zero-order valence-corrected chi connectivity index (χ0v) is 16.4. The fourth-order valence-corrected chi connectivity index (χ4v) is 3.07. The van der Waals surface area contributed by atoms with Gasteiger partial charge in [0, 0.05) is 18.5 Å². The van der Waals surface area contributed by atoms with Gasteiger partial charge < -0.3 is 14.5 Å². The lowest BCUT2D eigenvalue weighted by atomic mass is 9.96. The van der Waals surface area contributed by atoms with Gasteiger partial charge in [0.1, 0.15) is 5.58 Å². The second-order valence-electron chi connectivity index (χ2n) is 6.78. The van der Waals surface area contributed by atoms with Crippen LogP contribution in [0.15, 0.2) is 69.9 Å². The number of nitrogens with one attached hydrogen (secondary N) is 1. The van der Waals surface area contributed by atoms with Crippen LogP contribution >= 0.6 is 0 Å². The molecule has 2 atom stereocenters. The minimum Gasteiger partial charge on any atom is -0.449 e. The first-order valence-corrected chi connectivity index (χ1v) is 9.56. The molecule has 0 aliphatic carbocycles. The van der Waals surface area contributed by atoms with Crippen LogP contribution in [0.25, 0.3) is 11.0 Å². The molecule has 0 fully saturated rings. The number of para-hydroxylation sites is 1. The zero-order valence-electron chi connectivity index (χ0n) is 16.4. The van der Waals surface area contributed by atoms with Gasteiger partial charge in [0.15, 0.2) is 11.5 Å². The molecule has 29 heavy (non-hydrogen) atoms. The Labute approximate surface area is 168 Å². The molecule has 6 heteroatoms. The molecular weight excluding hydrogens is 370 g/mol. The number of ether oxygens (including phenoxy) is 1. The van der Waals surface area contributed by atoms with E-state index in [1.165, 1.54) is 6.92 Å². The van der Waals surface area contributed by atoms with Crippen molar-refractivity contribution in [2.24, 2.45) is 0 Å². The van der Waals surface area contributed by atoms with E-state index in [1.807, 2.05) is 30.3 Å². The molecule has 0 bridgehead atoms. The summed E-state index contributed by atoms with van der Waals surface area (Å²) in [6.07, 6.45) is -0.159. The quantitative estimate of drug-likeness (QED) is 0.619. The summed E-state index contributed by atoms with van der Waals surface area (Å²) in [6, 6.07) is 17.6. The molecule has 1 aromatic heterocycles. The number of esters is 1. The Morgan fingerprint density at radius 3 is 2.48 bits per heavy atom. The van der Waals surface area contributed by atoms with Crippen molar-refractivity contribution in [1.82, 2.24) is 5.32 Å².